The highest BCUT2D eigenvalue weighted by molar-refractivity contribution is 7.99. The van der Waals surface area contributed by atoms with Crippen molar-refractivity contribution < 1.29 is 18.7 Å². The normalized spacial score (nSPS) is 13.0. The fraction of sp³-hybridized carbons (Fsp3) is 0.316. The predicted molar refractivity (Wildman–Crippen MR) is 101 cm³/mol. The van der Waals surface area contributed by atoms with E-state index in [9.17, 15) is 9.18 Å². The first-order chi connectivity index (χ1) is 12.7. The fourth-order valence-electron chi connectivity index (χ4n) is 2.41. The van der Waals surface area contributed by atoms with Crippen molar-refractivity contribution in [3.05, 3.63) is 48.3 Å². The molecule has 0 aromatic heterocycles. The maximum Gasteiger partial charge on any atom is 0.319 e. The minimum Gasteiger partial charge on any atom is -0.490 e. The topological polar surface area (TPSA) is 59.6 Å². The molecule has 3 rings (SSSR count). The van der Waals surface area contributed by atoms with Crippen LogP contribution in [0.1, 0.15) is 12.8 Å². The molecule has 26 heavy (non-hydrogen) atoms. The summed E-state index contributed by atoms with van der Waals surface area (Å²) in [6.07, 6.45) is 1.66. The zero-order chi connectivity index (χ0) is 18.2. The molecule has 0 fully saturated rings. The summed E-state index contributed by atoms with van der Waals surface area (Å²) in [7, 11) is 0. The molecule has 1 heterocycles. The van der Waals surface area contributed by atoms with E-state index in [1.165, 1.54) is 12.1 Å². The Balaban J connectivity index is 1.37. The quantitative estimate of drug-likeness (QED) is 0.583. The molecular weight excluding hydrogens is 355 g/mol. The third kappa shape index (κ3) is 5.56. The van der Waals surface area contributed by atoms with Gasteiger partial charge < -0.3 is 20.1 Å². The molecule has 0 unspecified atom stereocenters. The fourth-order valence-corrected chi connectivity index (χ4v) is 3.26. The van der Waals surface area contributed by atoms with E-state index in [0.29, 0.717) is 36.9 Å². The standard InChI is InChI=1S/C19H21FN2O3S/c20-14-3-6-16(7-4-14)26-12-1-9-21-19(23)22-15-5-8-17-18(13-15)25-11-2-10-24-17/h3-8,13H,1-2,9-12H2,(H2,21,22,23). The summed E-state index contributed by atoms with van der Waals surface area (Å²) in [4.78, 5) is 13.0. The monoisotopic (exact) mass is 376 g/mol. The number of ether oxygens (including phenoxy) is 2. The first-order valence-corrected chi connectivity index (χ1v) is 9.52. The molecule has 2 amide bonds. The third-order valence-corrected chi connectivity index (χ3v) is 4.79. The van der Waals surface area contributed by atoms with Crippen LogP contribution in [0.3, 0.4) is 0 Å². The van der Waals surface area contributed by atoms with Gasteiger partial charge in [-0.1, -0.05) is 0 Å². The van der Waals surface area contributed by atoms with Gasteiger partial charge in [0.25, 0.3) is 0 Å². The Morgan fingerprint density at radius 1 is 1.08 bits per heavy atom. The molecule has 0 spiro atoms. The molecule has 1 aliphatic heterocycles. The van der Waals surface area contributed by atoms with E-state index in [1.807, 2.05) is 0 Å². The molecule has 0 saturated carbocycles. The molecule has 2 N–H and O–H groups in total. The number of thioether (sulfide) groups is 1. The number of hydrogen-bond acceptors (Lipinski definition) is 4. The van der Waals surface area contributed by atoms with E-state index in [0.717, 1.165) is 23.5 Å². The van der Waals surface area contributed by atoms with Gasteiger partial charge in [-0.15, -0.1) is 11.8 Å². The van der Waals surface area contributed by atoms with Crippen LogP contribution in [-0.2, 0) is 0 Å². The SMILES string of the molecule is O=C(NCCCSc1ccc(F)cc1)Nc1ccc2c(c1)OCCCO2. The van der Waals surface area contributed by atoms with Gasteiger partial charge in [0.05, 0.1) is 13.2 Å². The lowest BCUT2D eigenvalue weighted by Crippen LogP contribution is -2.29. The number of rotatable bonds is 6. The van der Waals surface area contributed by atoms with E-state index in [-0.39, 0.29) is 11.8 Å². The van der Waals surface area contributed by atoms with Gasteiger partial charge in [-0.3, -0.25) is 0 Å². The van der Waals surface area contributed by atoms with Crippen LogP contribution in [-0.4, -0.2) is 31.5 Å². The van der Waals surface area contributed by atoms with Gasteiger partial charge in [0.1, 0.15) is 5.82 Å². The number of hydrogen-bond donors (Lipinski definition) is 2. The average Bonchev–Trinajstić information content (AvgIpc) is 2.88. The Morgan fingerprint density at radius 2 is 1.85 bits per heavy atom. The highest BCUT2D eigenvalue weighted by atomic mass is 32.2. The van der Waals surface area contributed by atoms with Crippen LogP contribution in [0.5, 0.6) is 11.5 Å². The maximum absolute atomic E-state index is 12.8. The number of halogens is 1. The lowest BCUT2D eigenvalue weighted by molar-refractivity contribution is 0.252. The second-order valence-electron chi connectivity index (χ2n) is 5.75. The predicted octanol–water partition coefficient (Wildman–Crippen LogP) is 4.29. The molecule has 0 bridgehead atoms. The van der Waals surface area contributed by atoms with Crippen molar-refractivity contribution >= 4 is 23.5 Å². The lowest BCUT2D eigenvalue weighted by atomic mass is 10.3. The Hall–Kier alpha value is -2.41. The summed E-state index contributed by atoms with van der Waals surface area (Å²) in [6.45, 7) is 1.80. The average molecular weight is 376 g/mol. The Labute approximate surface area is 156 Å². The first kappa shape index (κ1) is 18.4. The second-order valence-corrected chi connectivity index (χ2v) is 6.92. The molecule has 5 nitrogen and oxygen atoms in total. The van der Waals surface area contributed by atoms with Crippen LogP contribution >= 0.6 is 11.8 Å². The summed E-state index contributed by atoms with van der Waals surface area (Å²) >= 11 is 1.63. The van der Waals surface area contributed by atoms with Crippen LogP contribution in [0.25, 0.3) is 0 Å². The highest BCUT2D eigenvalue weighted by Crippen LogP contribution is 2.32. The van der Waals surface area contributed by atoms with E-state index < -0.39 is 0 Å². The molecule has 2 aromatic rings. The minimum atomic E-state index is -0.258. The van der Waals surface area contributed by atoms with Crippen LogP contribution < -0.4 is 20.1 Å². The number of anilines is 1. The number of benzene rings is 2. The Kier molecular flexibility index (Phi) is 6.60. The first-order valence-electron chi connectivity index (χ1n) is 8.53. The third-order valence-electron chi connectivity index (χ3n) is 3.69. The second kappa shape index (κ2) is 9.33. The smallest absolute Gasteiger partial charge is 0.319 e. The van der Waals surface area contributed by atoms with Crippen molar-refractivity contribution in [1.82, 2.24) is 5.32 Å². The zero-order valence-corrected chi connectivity index (χ0v) is 15.1. The van der Waals surface area contributed by atoms with E-state index in [2.05, 4.69) is 10.6 Å². The van der Waals surface area contributed by atoms with Gasteiger partial charge in [0.15, 0.2) is 11.5 Å². The van der Waals surface area contributed by atoms with Crippen LogP contribution in [0.4, 0.5) is 14.9 Å². The van der Waals surface area contributed by atoms with Gasteiger partial charge in [0.2, 0.25) is 0 Å². The molecule has 0 aliphatic carbocycles. The Morgan fingerprint density at radius 3 is 2.65 bits per heavy atom. The van der Waals surface area contributed by atoms with Crippen molar-refractivity contribution in [3.63, 3.8) is 0 Å². The zero-order valence-electron chi connectivity index (χ0n) is 14.3. The number of urea groups is 1. The molecular formula is C19H21FN2O3S. The largest absolute Gasteiger partial charge is 0.490 e. The summed E-state index contributed by atoms with van der Waals surface area (Å²) in [5.74, 6) is 1.96. The summed E-state index contributed by atoms with van der Waals surface area (Å²) < 4.78 is 24.0. The number of amides is 2. The maximum atomic E-state index is 12.8. The highest BCUT2D eigenvalue weighted by Gasteiger charge is 2.11. The van der Waals surface area contributed by atoms with Crippen molar-refractivity contribution in [2.24, 2.45) is 0 Å². The van der Waals surface area contributed by atoms with Crippen LogP contribution in [0.15, 0.2) is 47.4 Å². The van der Waals surface area contributed by atoms with E-state index >= 15 is 0 Å². The van der Waals surface area contributed by atoms with Gasteiger partial charge in [-0.25, -0.2) is 9.18 Å². The summed E-state index contributed by atoms with van der Waals surface area (Å²) in [6, 6.07) is 11.5. The molecule has 2 aromatic carbocycles. The van der Waals surface area contributed by atoms with Gasteiger partial charge >= 0.3 is 6.03 Å². The van der Waals surface area contributed by atoms with Crippen LogP contribution in [0, 0.1) is 5.82 Å². The van der Waals surface area contributed by atoms with Crippen LogP contribution in [0.2, 0.25) is 0 Å². The van der Waals surface area contributed by atoms with E-state index in [4.69, 9.17) is 9.47 Å². The van der Waals surface area contributed by atoms with Gasteiger partial charge in [0, 0.05) is 29.6 Å². The van der Waals surface area contributed by atoms with Crippen molar-refractivity contribution in [1.29, 1.82) is 0 Å². The molecule has 0 radical (unpaired) electrons. The minimum absolute atomic E-state index is 0.234. The molecule has 7 heteroatoms. The number of carbonyl (C=O) groups excluding carboxylic acids is 1. The van der Waals surface area contributed by atoms with Crippen molar-refractivity contribution in [3.8, 4) is 11.5 Å². The van der Waals surface area contributed by atoms with Crippen molar-refractivity contribution in [2.75, 3.05) is 30.8 Å². The lowest BCUT2D eigenvalue weighted by Gasteiger charge is -2.11. The molecule has 1 aliphatic rings. The summed E-state index contributed by atoms with van der Waals surface area (Å²) in [5.41, 5.74) is 0.660. The molecule has 0 atom stereocenters. The molecule has 138 valence electrons. The van der Waals surface area contributed by atoms with Crippen molar-refractivity contribution in [2.45, 2.75) is 17.7 Å². The number of fused-ring (bicyclic) bond motifs is 1. The van der Waals surface area contributed by atoms with Gasteiger partial charge in [-0.05, 0) is 48.6 Å². The Bertz CT molecular complexity index is 740. The molecule has 0 saturated heterocycles. The number of nitrogens with one attached hydrogen (secondary N) is 2. The van der Waals surface area contributed by atoms with Gasteiger partial charge in [-0.2, -0.15) is 0 Å². The summed E-state index contributed by atoms with van der Waals surface area (Å²) in [5, 5.41) is 5.62. The van der Waals surface area contributed by atoms with E-state index in [1.54, 1.807) is 42.1 Å². The number of carbonyl (C=O) groups is 1.